The highest BCUT2D eigenvalue weighted by Gasteiger charge is 2.24. The average Bonchev–Trinajstić information content (AvgIpc) is 3.22. The number of aryl methyl sites for hydroxylation is 2. The van der Waals surface area contributed by atoms with E-state index in [4.69, 9.17) is 0 Å². The van der Waals surface area contributed by atoms with Crippen LogP contribution in [0.15, 0.2) is 60.8 Å². The van der Waals surface area contributed by atoms with Gasteiger partial charge >= 0.3 is 0 Å². The summed E-state index contributed by atoms with van der Waals surface area (Å²) in [5, 5.41) is 1.40. The lowest BCUT2D eigenvalue weighted by Gasteiger charge is -2.25. The number of benzene rings is 2. The van der Waals surface area contributed by atoms with Crippen LogP contribution in [0, 0.1) is 6.92 Å². The number of fused-ring (bicyclic) bond motifs is 3. The molecular formula is C24H25N3. The number of hydrogen-bond acceptors (Lipinski definition) is 1. The zero-order valence-corrected chi connectivity index (χ0v) is 16.2. The van der Waals surface area contributed by atoms with E-state index in [9.17, 15) is 0 Å². The van der Waals surface area contributed by atoms with Gasteiger partial charge in [0.05, 0.1) is 11.2 Å². The minimum absolute atomic E-state index is 1.02. The van der Waals surface area contributed by atoms with Crippen molar-refractivity contribution in [1.29, 1.82) is 0 Å². The van der Waals surface area contributed by atoms with E-state index < -0.39 is 0 Å². The maximum Gasteiger partial charge on any atom is 0.0552 e. The van der Waals surface area contributed by atoms with Gasteiger partial charge in [-0.2, -0.15) is 0 Å². The second-order valence-electron chi connectivity index (χ2n) is 7.79. The van der Waals surface area contributed by atoms with Crippen LogP contribution in [0.5, 0.6) is 0 Å². The molecule has 0 amide bonds. The molecule has 0 bridgehead atoms. The molecule has 3 heterocycles. The van der Waals surface area contributed by atoms with E-state index in [1.165, 1.54) is 44.7 Å². The van der Waals surface area contributed by atoms with Gasteiger partial charge in [0, 0.05) is 55.1 Å². The number of nitrogens with zero attached hydrogens (tertiary/aromatic N) is 3. The Morgan fingerprint density at radius 2 is 1.78 bits per heavy atom. The van der Waals surface area contributed by atoms with Crippen molar-refractivity contribution in [3.05, 3.63) is 77.6 Å². The molecule has 0 atom stereocenters. The summed E-state index contributed by atoms with van der Waals surface area (Å²) >= 11 is 0. The van der Waals surface area contributed by atoms with Crippen LogP contribution >= 0.6 is 0 Å². The van der Waals surface area contributed by atoms with Gasteiger partial charge in [0.25, 0.3) is 0 Å². The van der Waals surface area contributed by atoms with Gasteiger partial charge in [-0.3, -0.25) is 0 Å². The summed E-state index contributed by atoms with van der Waals surface area (Å²) in [7, 11) is 4.34. The fourth-order valence-electron chi connectivity index (χ4n) is 4.51. The first-order chi connectivity index (χ1) is 13.1. The number of aromatic nitrogens is 2. The largest absolute Gasteiger partial charge is 0.351 e. The van der Waals surface area contributed by atoms with Crippen molar-refractivity contribution in [2.45, 2.75) is 19.9 Å². The third-order valence-electron chi connectivity index (χ3n) is 5.86. The Hall–Kier alpha value is -2.78. The number of rotatable bonds is 2. The third kappa shape index (κ3) is 2.54. The van der Waals surface area contributed by atoms with Crippen molar-refractivity contribution in [1.82, 2.24) is 14.0 Å². The van der Waals surface area contributed by atoms with E-state index in [0.29, 0.717) is 0 Å². The molecule has 2 aromatic carbocycles. The number of para-hydroxylation sites is 1. The minimum Gasteiger partial charge on any atom is -0.351 e. The van der Waals surface area contributed by atoms with Crippen LogP contribution in [0.3, 0.4) is 0 Å². The predicted octanol–water partition coefficient (Wildman–Crippen LogP) is 4.93. The normalized spacial score (nSPS) is 14.6. The van der Waals surface area contributed by atoms with E-state index in [2.05, 4.69) is 95.8 Å². The summed E-state index contributed by atoms with van der Waals surface area (Å²) in [6.07, 6.45) is 3.20. The Kier molecular flexibility index (Phi) is 3.73. The van der Waals surface area contributed by atoms with Crippen LogP contribution in [0.1, 0.15) is 16.8 Å². The molecule has 0 N–H and O–H groups in total. The summed E-state index contributed by atoms with van der Waals surface area (Å²) in [4.78, 5) is 2.43. The Labute approximate surface area is 160 Å². The van der Waals surface area contributed by atoms with Gasteiger partial charge in [0.15, 0.2) is 0 Å². The molecule has 0 saturated heterocycles. The van der Waals surface area contributed by atoms with Crippen LogP contribution in [0.25, 0.3) is 27.8 Å². The number of hydrogen-bond donors (Lipinski definition) is 0. The second-order valence-corrected chi connectivity index (χ2v) is 7.79. The molecule has 0 unspecified atom stereocenters. The molecule has 0 radical (unpaired) electrons. The molecule has 1 aliphatic heterocycles. The van der Waals surface area contributed by atoms with Crippen molar-refractivity contribution in [2.24, 2.45) is 7.05 Å². The molecule has 3 heteroatoms. The topological polar surface area (TPSA) is 13.1 Å². The molecule has 1 aliphatic rings. The first-order valence-electron chi connectivity index (χ1n) is 9.66. The molecule has 0 aliphatic carbocycles. The molecule has 4 aromatic rings. The molecule has 0 spiro atoms. The summed E-state index contributed by atoms with van der Waals surface area (Å²) in [5.74, 6) is 0. The monoisotopic (exact) mass is 355 g/mol. The van der Waals surface area contributed by atoms with E-state index >= 15 is 0 Å². The predicted molar refractivity (Wildman–Crippen MR) is 112 cm³/mol. The first-order valence-corrected chi connectivity index (χ1v) is 9.66. The highest BCUT2D eigenvalue weighted by molar-refractivity contribution is 5.90. The zero-order valence-electron chi connectivity index (χ0n) is 16.2. The standard InChI is InChI=1S/C24H25N3/c1-17-10-11-23-19(15-17)20-16-25(2)14-12-24(20)27(23)22-8-5-4-7-18(22)21-9-6-13-26(21)3/h4-11,13,15H,12,14,16H2,1-3H3. The molecule has 27 heavy (non-hydrogen) atoms. The van der Waals surface area contributed by atoms with Crippen LogP contribution in [0.2, 0.25) is 0 Å². The lowest BCUT2D eigenvalue weighted by atomic mass is 10.0. The fraction of sp³-hybridized carbons (Fsp3) is 0.250. The van der Waals surface area contributed by atoms with Crippen molar-refractivity contribution in [3.63, 3.8) is 0 Å². The van der Waals surface area contributed by atoms with Crippen LogP contribution in [0.4, 0.5) is 0 Å². The highest BCUT2D eigenvalue weighted by atomic mass is 15.1. The van der Waals surface area contributed by atoms with Gasteiger partial charge < -0.3 is 14.0 Å². The SMILES string of the molecule is Cc1ccc2c(c1)c1c(n2-c2ccccc2-c2cccn2C)CCN(C)C1. The Balaban J connectivity index is 1.84. The number of likely N-dealkylation sites (N-methyl/N-ethyl adjacent to an activating group) is 1. The van der Waals surface area contributed by atoms with Gasteiger partial charge in [-0.15, -0.1) is 0 Å². The molecule has 3 nitrogen and oxygen atoms in total. The van der Waals surface area contributed by atoms with Gasteiger partial charge in [-0.1, -0.05) is 29.8 Å². The molecule has 0 fully saturated rings. The molecule has 2 aromatic heterocycles. The van der Waals surface area contributed by atoms with Gasteiger partial charge in [0.1, 0.15) is 0 Å². The molecular weight excluding hydrogens is 330 g/mol. The quantitative estimate of drug-likeness (QED) is 0.497. The Morgan fingerprint density at radius 1 is 0.926 bits per heavy atom. The highest BCUT2D eigenvalue weighted by Crippen LogP contribution is 2.37. The second kappa shape index (κ2) is 6.14. The zero-order chi connectivity index (χ0) is 18.5. The maximum absolute atomic E-state index is 2.51. The van der Waals surface area contributed by atoms with Crippen molar-refractivity contribution < 1.29 is 0 Å². The van der Waals surface area contributed by atoms with E-state index in [1.807, 2.05) is 0 Å². The molecule has 5 rings (SSSR count). The summed E-state index contributed by atoms with van der Waals surface area (Å²) in [5.41, 5.74) is 9.41. The van der Waals surface area contributed by atoms with E-state index in [0.717, 1.165) is 19.5 Å². The summed E-state index contributed by atoms with van der Waals surface area (Å²) in [6, 6.07) is 20.0. The van der Waals surface area contributed by atoms with Crippen LogP contribution in [-0.4, -0.2) is 27.6 Å². The van der Waals surface area contributed by atoms with Crippen LogP contribution in [-0.2, 0) is 20.0 Å². The fourth-order valence-corrected chi connectivity index (χ4v) is 4.51. The Bertz CT molecular complexity index is 1150. The smallest absolute Gasteiger partial charge is 0.0552 e. The molecule has 0 saturated carbocycles. The lowest BCUT2D eigenvalue weighted by Crippen LogP contribution is -2.27. The average molecular weight is 355 g/mol. The van der Waals surface area contributed by atoms with E-state index in [1.54, 1.807) is 0 Å². The van der Waals surface area contributed by atoms with Crippen LogP contribution < -0.4 is 0 Å². The minimum atomic E-state index is 1.02. The van der Waals surface area contributed by atoms with Crippen molar-refractivity contribution >= 4 is 10.9 Å². The van der Waals surface area contributed by atoms with Gasteiger partial charge in [-0.25, -0.2) is 0 Å². The van der Waals surface area contributed by atoms with E-state index in [-0.39, 0.29) is 0 Å². The van der Waals surface area contributed by atoms with Crippen molar-refractivity contribution in [3.8, 4) is 16.9 Å². The maximum atomic E-state index is 2.51. The van der Waals surface area contributed by atoms with Gasteiger partial charge in [-0.05, 0) is 49.9 Å². The first kappa shape index (κ1) is 16.4. The van der Waals surface area contributed by atoms with Gasteiger partial charge in [0.2, 0.25) is 0 Å². The molecule has 136 valence electrons. The third-order valence-corrected chi connectivity index (χ3v) is 5.86. The van der Waals surface area contributed by atoms with Crippen molar-refractivity contribution in [2.75, 3.05) is 13.6 Å². The Morgan fingerprint density at radius 3 is 2.59 bits per heavy atom. The summed E-state index contributed by atoms with van der Waals surface area (Å²) < 4.78 is 4.72. The summed E-state index contributed by atoms with van der Waals surface area (Å²) in [6.45, 7) is 4.32. The lowest BCUT2D eigenvalue weighted by molar-refractivity contribution is 0.311.